The molecule has 1 aromatic carbocycles. The molecule has 0 aliphatic rings. The summed E-state index contributed by atoms with van der Waals surface area (Å²) in [6.07, 6.45) is 2.10. The fraction of sp³-hybridized carbons (Fsp3) is 0.500. The van der Waals surface area contributed by atoms with Crippen molar-refractivity contribution in [1.82, 2.24) is 0 Å². The van der Waals surface area contributed by atoms with Crippen molar-refractivity contribution in [1.29, 1.82) is 0 Å². The third-order valence-electron chi connectivity index (χ3n) is 2.64. The third kappa shape index (κ3) is 5.43. The lowest BCUT2D eigenvalue weighted by atomic mass is 10.1. The molecule has 4 nitrogen and oxygen atoms in total. The first kappa shape index (κ1) is 16.2. The monoisotopic (exact) mass is 278 g/mol. The Morgan fingerprint density at radius 3 is 2.55 bits per heavy atom. The number of rotatable bonds is 7. The Labute approximate surface area is 120 Å². The van der Waals surface area contributed by atoms with Crippen molar-refractivity contribution in [3.8, 4) is 5.75 Å². The van der Waals surface area contributed by atoms with Crippen LogP contribution in [0, 0.1) is 5.92 Å². The fourth-order valence-corrected chi connectivity index (χ4v) is 1.61. The van der Waals surface area contributed by atoms with Gasteiger partial charge in [-0.05, 0) is 24.5 Å². The Morgan fingerprint density at radius 2 is 1.90 bits per heavy atom. The van der Waals surface area contributed by atoms with Gasteiger partial charge >= 0.3 is 11.9 Å². The molecule has 0 unspecified atom stereocenters. The van der Waals surface area contributed by atoms with Gasteiger partial charge in [-0.2, -0.15) is 0 Å². The predicted octanol–water partition coefficient (Wildman–Crippen LogP) is 3.60. The van der Waals surface area contributed by atoms with E-state index >= 15 is 0 Å². The lowest BCUT2D eigenvalue weighted by Crippen LogP contribution is -2.14. The number of hydrogen-bond acceptors (Lipinski definition) is 4. The van der Waals surface area contributed by atoms with E-state index in [1.54, 1.807) is 24.3 Å². The van der Waals surface area contributed by atoms with Crippen molar-refractivity contribution < 1.29 is 19.1 Å². The Morgan fingerprint density at radius 1 is 1.20 bits per heavy atom. The summed E-state index contributed by atoms with van der Waals surface area (Å²) in [6, 6.07) is 6.65. The Balaban J connectivity index is 2.72. The molecule has 0 aliphatic heterocycles. The Hall–Kier alpha value is -1.84. The number of ether oxygens (including phenoxy) is 2. The number of unbranched alkanes of at least 4 members (excludes halogenated alkanes) is 1. The van der Waals surface area contributed by atoms with Crippen LogP contribution in [-0.2, 0) is 9.53 Å². The molecular weight excluding hydrogens is 256 g/mol. The van der Waals surface area contributed by atoms with Gasteiger partial charge in [-0.25, -0.2) is 4.79 Å². The summed E-state index contributed by atoms with van der Waals surface area (Å²) in [5.41, 5.74) is 0.292. The van der Waals surface area contributed by atoms with Gasteiger partial charge in [-0.15, -0.1) is 0 Å². The summed E-state index contributed by atoms with van der Waals surface area (Å²) in [6.45, 7) is 6.28. The molecular formula is C16H22O4. The van der Waals surface area contributed by atoms with E-state index in [0.717, 1.165) is 12.8 Å². The van der Waals surface area contributed by atoms with Gasteiger partial charge in [0.2, 0.25) is 0 Å². The zero-order chi connectivity index (χ0) is 15.0. The molecule has 20 heavy (non-hydrogen) atoms. The standard InChI is InChI=1S/C16H22O4/c1-4-5-10-19-16(18)13-8-6-7-9-14(13)20-15(17)11-12(2)3/h6-9,12H,4-5,10-11H2,1-3H3. The topological polar surface area (TPSA) is 52.6 Å². The highest BCUT2D eigenvalue weighted by Gasteiger charge is 2.16. The first-order valence-electron chi connectivity index (χ1n) is 7.01. The minimum atomic E-state index is -0.452. The maximum absolute atomic E-state index is 11.9. The van der Waals surface area contributed by atoms with Gasteiger partial charge in [-0.1, -0.05) is 39.3 Å². The SMILES string of the molecule is CCCCOC(=O)c1ccccc1OC(=O)CC(C)C. The first-order chi connectivity index (χ1) is 9.54. The molecule has 0 radical (unpaired) electrons. The van der Waals surface area contributed by atoms with Gasteiger partial charge in [0, 0.05) is 6.42 Å². The van der Waals surface area contributed by atoms with E-state index in [2.05, 4.69) is 0 Å². The number of hydrogen-bond donors (Lipinski definition) is 0. The maximum atomic E-state index is 11.9. The second-order valence-corrected chi connectivity index (χ2v) is 5.06. The number of para-hydroxylation sites is 1. The minimum Gasteiger partial charge on any atom is -0.462 e. The average Bonchev–Trinajstić information content (AvgIpc) is 2.38. The van der Waals surface area contributed by atoms with Crippen LogP contribution in [0.3, 0.4) is 0 Å². The smallest absolute Gasteiger partial charge is 0.341 e. The lowest BCUT2D eigenvalue weighted by Gasteiger charge is -2.10. The van der Waals surface area contributed by atoms with Crippen molar-refractivity contribution in [2.45, 2.75) is 40.0 Å². The highest BCUT2D eigenvalue weighted by Crippen LogP contribution is 2.20. The molecule has 0 atom stereocenters. The van der Waals surface area contributed by atoms with Gasteiger partial charge < -0.3 is 9.47 Å². The largest absolute Gasteiger partial charge is 0.462 e. The molecule has 0 aromatic heterocycles. The summed E-state index contributed by atoms with van der Waals surface area (Å²) in [5.74, 6) is -0.314. The molecule has 0 amide bonds. The van der Waals surface area contributed by atoms with Gasteiger partial charge in [0.15, 0.2) is 0 Å². The van der Waals surface area contributed by atoms with E-state index in [4.69, 9.17) is 9.47 Å². The quantitative estimate of drug-likeness (QED) is 0.434. The van der Waals surface area contributed by atoms with Crippen LogP contribution in [0.4, 0.5) is 0 Å². The second-order valence-electron chi connectivity index (χ2n) is 5.06. The molecule has 0 aliphatic carbocycles. The number of carbonyl (C=O) groups excluding carboxylic acids is 2. The van der Waals surface area contributed by atoms with Gasteiger partial charge in [0.05, 0.1) is 6.61 Å². The van der Waals surface area contributed by atoms with E-state index in [1.807, 2.05) is 20.8 Å². The average molecular weight is 278 g/mol. The molecule has 0 N–H and O–H groups in total. The third-order valence-corrected chi connectivity index (χ3v) is 2.64. The van der Waals surface area contributed by atoms with Crippen LogP contribution in [0.5, 0.6) is 5.75 Å². The van der Waals surface area contributed by atoms with Gasteiger partial charge in [0.25, 0.3) is 0 Å². The van der Waals surface area contributed by atoms with Crippen molar-refractivity contribution >= 4 is 11.9 Å². The maximum Gasteiger partial charge on any atom is 0.341 e. The van der Waals surface area contributed by atoms with Crippen molar-refractivity contribution in [2.24, 2.45) is 5.92 Å². The summed E-state index contributed by atoms with van der Waals surface area (Å²) in [7, 11) is 0. The molecule has 4 heteroatoms. The molecule has 0 saturated carbocycles. The molecule has 1 aromatic rings. The first-order valence-corrected chi connectivity index (χ1v) is 7.01. The summed E-state index contributed by atoms with van der Waals surface area (Å²) in [4.78, 5) is 23.6. The van der Waals surface area contributed by atoms with E-state index in [1.165, 1.54) is 0 Å². The number of benzene rings is 1. The van der Waals surface area contributed by atoms with E-state index in [9.17, 15) is 9.59 Å². The second kappa shape index (κ2) is 8.35. The zero-order valence-corrected chi connectivity index (χ0v) is 12.3. The van der Waals surface area contributed by atoms with Crippen LogP contribution in [0.1, 0.15) is 50.4 Å². The molecule has 110 valence electrons. The highest BCUT2D eigenvalue weighted by molar-refractivity contribution is 5.93. The number of carbonyl (C=O) groups is 2. The van der Waals surface area contributed by atoms with Gasteiger partial charge in [-0.3, -0.25) is 4.79 Å². The zero-order valence-electron chi connectivity index (χ0n) is 12.3. The normalized spacial score (nSPS) is 10.4. The van der Waals surface area contributed by atoms with Crippen LogP contribution in [0.2, 0.25) is 0 Å². The van der Waals surface area contributed by atoms with Gasteiger partial charge in [0.1, 0.15) is 11.3 Å². The van der Waals surface area contributed by atoms with Crippen molar-refractivity contribution in [3.63, 3.8) is 0 Å². The molecule has 0 bridgehead atoms. The lowest BCUT2D eigenvalue weighted by molar-refractivity contribution is -0.135. The number of esters is 2. The molecule has 0 spiro atoms. The van der Waals surface area contributed by atoms with Crippen LogP contribution >= 0.6 is 0 Å². The molecule has 0 saturated heterocycles. The highest BCUT2D eigenvalue weighted by atomic mass is 16.5. The predicted molar refractivity (Wildman–Crippen MR) is 76.7 cm³/mol. The van der Waals surface area contributed by atoms with Crippen LogP contribution < -0.4 is 4.74 Å². The van der Waals surface area contributed by atoms with Crippen LogP contribution in [0.25, 0.3) is 0 Å². The van der Waals surface area contributed by atoms with Crippen molar-refractivity contribution in [3.05, 3.63) is 29.8 Å². The summed E-state index contributed by atoms with van der Waals surface area (Å²) >= 11 is 0. The Kier molecular flexibility index (Phi) is 6.77. The Bertz CT molecular complexity index is 452. The minimum absolute atomic E-state index is 0.214. The molecule has 0 fully saturated rings. The summed E-state index contributed by atoms with van der Waals surface area (Å²) < 4.78 is 10.4. The molecule has 1 rings (SSSR count). The fourth-order valence-electron chi connectivity index (χ4n) is 1.61. The van der Waals surface area contributed by atoms with Crippen molar-refractivity contribution in [2.75, 3.05) is 6.61 Å². The van der Waals surface area contributed by atoms with Crippen LogP contribution in [0.15, 0.2) is 24.3 Å². The van der Waals surface area contributed by atoms with E-state index < -0.39 is 5.97 Å². The van der Waals surface area contributed by atoms with Crippen LogP contribution in [-0.4, -0.2) is 18.5 Å². The molecule has 0 heterocycles. The van der Waals surface area contributed by atoms with E-state index in [-0.39, 0.29) is 17.6 Å². The summed E-state index contributed by atoms with van der Waals surface area (Å²) in [5, 5.41) is 0. The van der Waals surface area contributed by atoms with E-state index in [0.29, 0.717) is 18.6 Å².